The summed E-state index contributed by atoms with van der Waals surface area (Å²) in [7, 11) is -0.563. The fourth-order valence-electron chi connectivity index (χ4n) is 3.02. The highest BCUT2D eigenvalue weighted by atomic mass is 32.2. The molecule has 0 aliphatic rings. The Hall–Kier alpha value is -3.70. The van der Waals surface area contributed by atoms with E-state index >= 15 is 0 Å². The highest BCUT2D eigenvalue weighted by molar-refractivity contribution is 7.89. The van der Waals surface area contributed by atoms with Crippen molar-refractivity contribution in [2.45, 2.75) is 4.90 Å². The normalized spacial score (nSPS) is 11.4. The number of benzene rings is 2. The van der Waals surface area contributed by atoms with Crippen LogP contribution in [0.4, 0.5) is 0 Å². The lowest BCUT2D eigenvalue weighted by Gasteiger charge is -2.09. The summed E-state index contributed by atoms with van der Waals surface area (Å²) in [6.45, 7) is 0.148. The van der Waals surface area contributed by atoms with Gasteiger partial charge in [-0.3, -0.25) is 0 Å². The Bertz CT molecular complexity index is 1320. The van der Waals surface area contributed by atoms with Gasteiger partial charge in [-0.25, -0.2) is 13.1 Å². The van der Waals surface area contributed by atoms with Crippen molar-refractivity contribution in [2.24, 2.45) is 0 Å². The maximum atomic E-state index is 12.4. The SMILES string of the molecule is COc1ccc(S(=O)(=O)NCCOc2ccc3nnc(-c4ccccc4OC)n3n2)cc1. The van der Waals surface area contributed by atoms with Gasteiger partial charge in [-0.2, -0.15) is 4.52 Å². The van der Waals surface area contributed by atoms with Crippen molar-refractivity contribution in [2.75, 3.05) is 27.4 Å². The van der Waals surface area contributed by atoms with Gasteiger partial charge >= 0.3 is 0 Å². The van der Waals surface area contributed by atoms with Crippen LogP contribution in [0.15, 0.2) is 65.6 Å². The zero-order valence-corrected chi connectivity index (χ0v) is 18.2. The molecule has 2 heterocycles. The van der Waals surface area contributed by atoms with Gasteiger partial charge < -0.3 is 14.2 Å². The minimum atomic E-state index is -3.66. The van der Waals surface area contributed by atoms with E-state index in [1.165, 1.54) is 19.2 Å². The maximum absolute atomic E-state index is 12.4. The molecule has 10 nitrogen and oxygen atoms in total. The van der Waals surface area contributed by atoms with E-state index in [1.54, 1.807) is 35.9 Å². The summed E-state index contributed by atoms with van der Waals surface area (Å²) in [5.74, 6) is 2.03. The molecule has 32 heavy (non-hydrogen) atoms. The molecule has 4 rings (SSSR count). The summed E-state index contributed by atoms with van der Waals surface area (Å²) >= 11 is 0. The van der Waals surface area contributed by atoms with E-state index < -0.39 is 10.0 Å². The molecule has 0 atom stereocenters. The van der Waals surface area contributed by atoms with Crippen LogP contribution in [0.1, 0.15) is 0 Å². The van der Waals surface area contributed by atoms with Gasteiger partial charge in [0, 0.05) is 12.6 Å². The van der Waals surface area contributed by atoms with Crippen LogP contribution in [0.5, 0.6) is 17.4 Å². The minimum Gasteiger partial charge on any atom is -0.497 e. The fraction of sp³-hybridized carbons (Fsp3) is 0.190. The molecule has 166 valence electrons. The number of hydrogen-bond donors (Lipinski definition) is 1. The molecule has 0 saturated heterocycles. The van der Waals surface area contributed by atoms with Crippen LogP contribution in [0, 0.1) is 0 Å². The highest BCUT2D eigenvalue weighted by Crippen LogP contribution is 2.28. The first-order chi connectivity index (χ1) is 15.5. The number of aromatic nitrogens is 4. The van der Waals surface area contributed by atoms with E-state index in [4.69, 9.17) is 14.2 Å². The summed E-state index contributed by atoms with van der Waals surface area (Å²) in [6.07, 6.45) is 0. The number of nitrogens with one attached hydrogen (secondary N) is 1. The second kappa shape index (κ2) is 9.20. The number of methoxy groups -OCH3 is 2. The summed E-state index contributed by atoms with van der Waals surface area (Å²) in [5, 5.41) is 12.8. The Kier molecular flexibility index (Phi) is 6.19. The van der Waals surface area contributed by atoms with Crippen LogP contribution < -0.4 is 18.9 Å². The first-order valence-corrected chi connectivity index (χ1v) is 11.1. The molecule has 0 aliphatic heterocycles. The highest BCUT2D eigenvalue weighted by Gasteiger charge is 2.15. The maximum Gasteiger partial charge on any atom is 0.240 e. The van der Waals surface area contributed by atoms with Crippen molar-refractivity contribution in [3.8, 4) is 28.8 Å². The molecule has 0 unspecified atom stereocenters. The third-order valence-corrected chi connectivity index (χ3v) is 6.08. The summed E-state index contributed by atoms with van der Waals surface area (Å²) in [5.41, 5.74) is 1.28. The topological polar surface area (TPSA) is 117 Å². The Labute approximate surface area is 184 Å². The second-order valence-electron chi connectivity index (χ2n) is 6.59. The van der Waals surface area contributed by atoms with E-state index in [-0.39, 0.29) is 18.0 Å². The predicted molar refractivity (Wildman–Crippen MR) is 116 cm³/mol. The van der Waals surface area contributed by atoms with E-state index in [0.717, 1.165) is 5.56 Å². The largest absolute Gasteiger partial charge is 0.497 e. The molecule has 0 radical (unpaired) electrons. The molecule has 2 aromatic carbocycles. The average molecular weight is 455 g/mol. The summed E-state index contributed by atoms with van der Waals surface area (Å²) in [6, 6.07) is 16.9. The van der Waals surface area contributed by atoms with Crippen LogP contribution in [0.3, 0.4) is 0 Å². The molecule has 0 spiro atoms. The summed E-state index contributed by atoms with van der Waals surface area (Å²) in [4.78, 5) is 0.142. The lowest BCUT2D eigenvalue weighted by molar-refractivity contribution is 0.306. The number of fused-ring (bicyclic) bond motifs is 1. The van der Waals surface area contributed by atoms with Crippen molar-refractivity contribution in [1.29, 1.82) is 0 Å². The Morgan fingerprint density at radius 1 is 0.938 bits per heavy atom. The van der Waals surface area contributed by atoms with Crippen molar-refractivity contribution in [1.82, 2.24) is 24.5 Å². The van der Waals surface area contributed by atoms with Crippen molar-refractivity contribution in [3.63, 3.8) is 0 Å². The smallest absolute Gasteiger partial charge is 0.240 e. The van der Waals surface area contributed by atoms with Crippen molar-refractivity contribution in [3.05, 3.63) is 60.7 Å². The lowest BCUT2D eigenvalue weighted by atomic mass is 10.2. The Balaban J connectivity index is 1.43. The van der Waals surface area contributed by atoms with Gasteiger partial charge in [-0.1, -0.05) is 12.1 Å². The van der Waals surface area contributed by atoms with Crippen LogP contribution in [-0.4, -0.2) is 55.6 Å². The minimum absolute atomic E-state index is 0.0651. The monoisotopic (exact) mass is 455 g/mol. The molecular formula is C21H21N5O5S. The van der Waals surface area contributed by atoms with Crippen LogP contribution in [-0.2, 0) is 10.0 Å². The van der Waals surface area contributed by atoms with Crippen LogP contribution >= 0.6 is 0 Å². The molecule has 2 aromatic heterocycles. The number of nitrogens with zero attached hydrogens (tertiary/aromatic N) is 4. The number of para-hydroxylation sites is 1. The standard InChI is InChI=1S/C21H21N5O5S/c1-29-15-7-9-16(10-8-15)32(27,28)22-13-14-31-20-12-11-19-23-24-21(26(19)25-20)17-5-3-4-6-18(17)30-2/h3-12,22H,13-14H2,1-2H3. The average Bonchev–Trinajstić information content (AvgIpc) is 3.25. The first kappa shape index (κ1) is 21.5. The van der Waals surface area contributed by atoms with E-state index in [0.29, 0.717) is 28.9 Å². The van der Waals surface area contributed by atoms with E-state index in [9.17, 15) is 8.42 Å². The second-order valence-corrected chi connectivity index (χ2v) is 8.35. The third kappa shape index (κ3) is 4.48. The van der Waals surface area contributed by atoms with Crippen molar-refractivity contribution < 1.29 is 22.6 Å². The predicted octanol–water partition coefficient (Wildman–Crippen LogP) is 2.17. The molecule has 0 saturated carbocycles. The summed E-state index contributed by atoms with van der Waals surface area (Å²) < 4.78 is 44.9. The molecule has 1 N–H and O–H groups in total. The van der Waals surface area contributed by atoms with E-state index in [2.05, 4.69) is 20.0 Å². The first-order valence-electron chi connectivity index (χ1n) is 9.64. The van der Waals surface area contributed by atoms with Gasteiger partial charge in [0.2, 0.25) is 15.9 Å². The van der Waals surface area contributed by atoms with Gasteiger partial charge in [0.25, 0.3) is 0 Å². The quantitative estimate of drug-likeness (QED) is 0.382. The number of rotatable bonds is 9. The van der Waals surface area contributed by atoms with Crippen molar-refractivity contribution >= 4 is 15.7 Å². The molecule has 0 amide bonds. The molecule has 4 aromatic rings. The zero-order chi connectivity index (χ0) is 22.6. The van der Waals surface area contributed by atoms with E-state index in [1.807, 2.05) is 24.3 Å². The van der Waals surface area contributed by atoms with Gasteiger partial charge in [0.1, 0.15) is 18.1 Å². The van der Waals surface area contributed by atoms with Crippen LogP contribution in [0.25, 0.3) is 17.0 Å². The molecule has 11 heteroatoms. The van der Waals surface area contributed by atoms with Gasteiger partial charge in [-0.15, -0.1) is 15.3 Å². The Morgan fingerprint density at radius 2 is 1.72 bits per heavy atom. The molecule has 0 fully saturated rings. The lowest BCUT2D eigenvalue weighted by Crippen LogP contribution is -2.28. The number of ether oxygens (including phenoxy) is 3. The number of sulfonamides is 1. The third-order valence-electron chi connectivity index (χ3n) is 4.60. The zero-order valence-electron chi connectivity index (χ0n) is 17.4. The van der Waals surface area contributed by atoms with Gasteiger partial charge in [0.15, 0.2) is 11.5 Å². The Morgan fingerprint density at radius 3 is 2.47 bits per heavy atom. The molecule has 0 aliphatic carbocycles. The fourth-order valence-corrected chi connectivity index (χ4v) is 4.03. The van der Waals surface area contributed by atoms with Gasteiger partial charge in [-0.05, 0) is 42.5 Å². The molecule has 0 bridgehead atoms. The van der Waals surface area contributed by atoms with Gasteiger partial charge in [0.05, 0.1) is 24.7 Å². The molecular weight excluding hydrogens is 434 g/mol. The number of hydrogen-bond acceptors (Lipinski definition) is 8. The van der Waals surface area contributed by atoms with Crippen LogP contribution in [0.2, 0.25) is 0 Å².